The van der Waals surface area contributed by atoms with Crippen LogP contribution < -0.4 is 0 Å². The van der Waals surface area contributed by atoms with Crippen molar-refractivity contribution >= 4 is 16.6 Å². The smallest absolute Gasteiger partial charge is 0.148 e. The van der Waals surface area contributed by atoms with Crippen molar-refractivity contribution < 1.29 is 9.00 Å². The molecule has 0 aliphatic heterocycles. The number of aryl methyl sites for hydroxylation is 2. The Bertz CT molecular complexity index is 465. The zero-order valence-electron chi connectivity index (χ0n) is 10.4. The second-order valence-electron chi connectivity index (χ2n) is 4.74. The topological polar surface area (TPSA) is 34.1 Å². The maximum Gasteiger partial charge on any atom is 0.148 e. The predicted octanol–water partition coefficient (Wildman–Crippen LogP) is 2.92. The minimum Gasteiger partial charge on any atom is -0.298 e. The standard InChI is InChI=1S/C14H18O2S/c1-10-7-8-12(9-11(10)2)17(16)14-6-4-3-5-13(14)15/h7-9,14H,3-6H2,1-2H3. The molecule has 2 unspecified atom stereocenters. The summed E-state index contributed by atoms with van der Waals surface area (Å²) in [5.74, 6) is 0.174. The van der Waals surface area contributed by atoms with Crippen LogP contribution in [0.25, 0.3) is 0 Å². The highest BCUT2D eigenvalue weighted by Crippen LogP contribution is 2.24. The van der Waals surface area contributed by atoms with Gasteiger partial charge >= 0.3 is 0 Å². The Morgan fingerprint density at radius 2 is 1.94 bits per heavy atom. The van der Waals surface area contributed by atoms with Crippen molar-refractivity contribution in [2.24, 2.45) is 0 Å². The summed E-state index contributed by atoms with van der Waals surface area (Å²) >= 11 is 0. The fraction of sp³-hybridized carbons (Fsp3) is 0.500. The molecule has 0 amide bonds. The van der Waals surface area contributed by atoms with Gasteiger partial charge in [-0.15, -0.1) is 0 Å². The molecule has 2 rings (SSSR count). The molecule has 3 heteroatoms. The molecule has 1 aliphatic rings. The molecule has 0 aromatic heterocycles. The van der Waals surface area contributed by atoms with E-state index in [1.807, 2.05) is 32.0 Å². The summed E-state index contributed by atoms with van der Waals surface area (Å²) in [5.41, 5.74) is 2.33. The number of benzene rings is 1. The Balaban J connectivity index is 2.24. The molecule has 0 radical (unpaired) electrons. The van der Waals surface area contributed by atoms with E-state index in [1.165, 1.54) is 5.56 Å². The summed E-state index contributed by atoms with van der Waals surface area (Å²) in [7, 11) is -1.17. The lowest BCUT2D eigenvalue weighted by Gasteiger charge is -2.20. The Morgan fingerprint density at radius 3 is 2.59 bits per heavy atom. The van der Waals surface area contributed by atoms with Crippen molar-refractivity contribution in [2.45, 2.75) is 49.7 Å². The normalized spacial score (nSPS) is 22.5. The molecule has 1 fully saturated rings. The van der Waals surface area contributed by atoms with Crippen molar-refractivity contribution in [3.8, 4) is 0 Å². The monoisotopic (exact) mass is 250 g/mol. The third-order valence-electron chi connectivity index (χ3n) is 3.47. The molecule has 0 bridgehead atoms. The van der Waals surface area contributed by atoms with Gasteiger partial charge in [-0.2, -0.15) is 0 Å². The molecule has 2 nitrogen and oxygen atoms in total. The molecule has 92 valence electrons. The third-order valence-corrected chi connectivity index (χ3v) is 5.20. The van der Waals surface area contributed by atoms with E-state index in [1.54, 1.807) is 0 Å². The van der Waals surface area contributed by atoms with Gasteiger partial charge in [0.05, 0.1) is 16.0 Å². The van der Waals surface area contributed by atoms with Crippen LogP contribution >= 0.6 is 0 Å². The molecule has 0 saturated heterocycles. The van der Waals surface area contributed by atoms with Gasteiger partial charge in [-0.25, -0.2) is 0 Å². The van der Waals surface area contributed by atoms with Crippen molar-refractivity contribution in [2.75, 3.05) is 0 Å². The molecule has 0 heterocycles. The first kappa shape index (κ1) is 12.5. The van der Waals surface area contributed by atoms with Gasteiger partial charge in [-0.05, 0) is 49.9 Å². The lowest BCUT2D eigenvalue weighted by Crippen LogP contribution is -2.29. The number of carbonyl (C=O) groups is 1. The average molecular weight is 250 g/mol. The van der Waals surface area contributed by atoms with Crippen LogP contribution in [0.15, 0.2) is 23.1 Å². The summed E-state index contributed by atoms with van der Waals surface area (Å²) < 4.78 is 12.4. The van der Waals surface area contributed by atoms with Crippen LogP contribution in [-0.4, -0.2) is 15.2 Å². The van der Waals surface area contributed by atoms with Gasteiger partial charge in [-0.3, -0.25) is 9.00 Å². The van der Waals surface area contributed by atoms with E-state index < -0.39 is 10.8 Å². The third kappa shape index (κ3) is 2.65. The van der Waals surface area contributed by atoms with E-state index in [0.29, 0.717) is 6.42 Å². The molecule has 1 saturated carbocycles. The quantitative estimate of drug-likeness (QED) is 0.808. The largest absolute Gasteiger partial charge is 0.298 e. The first-order valence-corrected chi connectivity index (χ1v) is 7.31. The van der Waals surface area contributed by atoms with Crippen molar-refractivity contribution in [3.05, 3.63) is 29.3 Å². The van der Waals surface area contributed by atoms with E-state index in [4.69, 9.17) is 0 Å². The van der Waals surface area contributed by atoms with Crippen LogP contribution in [0.4, 0.5) is 0 Å². The zero-order chi connectivity index (χ0) is 12.4. The molecule has 1 aromatic rings. The number of hydrogen-bond donors (Lipinski definition) is 0. The Kier molecular flexibility index (Phi) is 3.77. The number of ketones is 1. The van der Waals surface area contributed by atoms with Crippen LogP contribution in [0, 0.1) is 13.8 Å². The SMILES string of the molecule is Cc1ccc(S(=O)C2CCCCC2=O)cc1C. The summed E-state index contributed by atoms with van der Waals surface area (Å²) in [6, 6.07) is 5.82. The van der Waals surface area contributed by atoms with Crippen LogP contribution in [0.5, 0.6) is 0 Å². The average Bonchev–Trinajstić information content (AvgIpc) is 2.32. The Labute approximate surface area is 105 Å². The van der Waals surface area contributed by atoms with Crippen LogP contribution in [-0.2, 0) is 15.6 Å². The molecule has 0 N–H and O–H groups in total. The van der Waals surface area contributed by atoms with Gasteiger partial charge in [0.25, 0.3) is 0 Å². The highest BCUT2D eigenvalue weighted by atomic mass is 32.2. The van der Waals surface area contributed by atoms with E-state index in [0.717, 1.165) is 29.7 Å². The van der Waals surface area contributed by atoms with Gasteiger partial charge in [0.15, 0.2) is 0 Å². The fourth-order valence-electron chi connectivity index (χ4n) is 2.18. The Morgan fingerprint density at radius 1 is 1.18 bits per heavy atom. The van der Waals surface area contributed by atoms with E-state index in [2.05, 4.69) is 0 Å². The highest BCUT2D eigenvalue weighted by Gasteiger charge is 2.28. The van der Waals surface area contributed by atoms with E-state index in [9.17, 15) is 9.00 Å². The highest BCUT2D eigenvalue weighted by molar-refractivity contribution is 7.86. The molecule has 1 aliphatic carbocycles. The predicted molar refractivity (Wildman–Crippen MR) is 69.6 cm³/mol. The van der Waals surface area contributed by atoms with Gasteiger partial charge < -0.3 is 0 Å². The van der Waals surface area contributed by atoms with Crippen LogP contribution in [0.2, 0.25) is 0 Å². The molecule has 0 spiro atoms. The van der Waals surface area contributed by atoms with Crippen molar-refractivity contribution in [3.63, 3.8) is 0 Å². The molecular formula is C14H18O2S. The summed E-state index contributed by atoms with van der Waals surface area (Å²) in [4.78, 5) is 12.6. The van der Waals surface area contributed by atoms with Crippen molar-refractivity contribution in [1.29, 1.82) is 0 Å². The first-order valence-electron chi connectivity index (χ1n) is 6.10. The lowest BCUT2D eigenvalue weighted by molar-refractivity contribution is -0.119. The minimum atomic E-state index is -1.17. The molecule has 1 aromatic carbocycles. The second-order valence-corrected chi connectivity index (χ2v) is 6.38. The van der Waals surface area contributed by atoms with Crippen LogP contribution in [0.1, 0.15) is 36.8 Å². The lowest BCUT2D eigenvalue weighted by atomic mass is 9.99. The van der Waals surface area contributed by atoms with Crippen molar-refractivity contribution in [1.82, 2.24) is 0 Å². The summed E-state index contributed by atoms with van der Waals surface area (Å²) in [6.45, 7) is 4.05. The fourth-order valence-corrected chi connectivity index (χ4v) is 3.74. The minimum absolute atomic E-state index is 0.174. The Hall–Kier alpha value is -0.960. The molecular weight excluding hydrogens is 232 g/mol. The van der Waals surface area contributed by atoms with E-state index >= 15 is 0 Å². The second kappa shape index (κ2) is 5.13. The maximum atomic E-state index is 12.4. The van der Waals surface area contributed by atoms with Gasteiger partial charge in [0.1, 0.15) is 5.78 Å². The van der Waals surface area contributed by atoms with Gasteiger partial charge in [0, 0.05) is 11.3 Å². The number of carbonyl (C=O) groups excluding carboxylic acids is 1. The van der Waals surface area contributed by atoms with Gasteiger partial charge in [-0.1, -0.05) is 12.5 Å². The van der Waals surface area contributed by atoms with Crippen LogP contribution in [0.3, 0.4) is 0 Å². The molecule has 2 atom stereocenters. The van der Waals surface area contributed by atoms with Gasteiger partial charge in [0.2, 0.25) is 0 Å². The number of Topliss-reactive ketones (excluding diaryl/α,β-unsaturated/α-hetero) is 1. The number of rotatable bonds is 2. The maximum absolute atomic E-state index is 12.4. The number of hydrogen-bond acceptors (Lipinski definition) is 2. The summed E-state index contributed by atoms with van der Waals surface area (Å²) in [6.07, 6.45) is 3.35. The molecule has 17 heavy (non-hydrogen) atoms. The zero-order valence-corrected chi connectivity index (χ0v) is 11.2. The summed E-state index contributed by atoms with van der Waals surface area (Å²) in [5, 5.41) is -0.272. The first-order chi connectivity index (χ1) is 8.09. The van der Waals surface area contributed by atoms with E-state index in [-0.39, 0.29) is 11.0 Å².